The molecule has 0 aromatic heterocycles. The SMILES string of the molecule is CCOC(=O)C1(CNC(=O)C2Cc3c(F)cc(C)cc3N2)CCCC1.Cl. The molecule has 7 heteroatoms. The average Bonchev–Trinajstić information content (AvgIpc) is 3.20. The normalized spacial score (nSPS) is 19.9. The molecule has 1 heterocycles. The van der Waals surface area contributed by atoms with Crippen molar-refractivity contribution >= 4 is 30.0 Å². The lowest BCUT2D eigenvalue weighted by Crippen LogP contribution is -2.46. The second kappa shape index (κ2) is 8.25. The van der Waals surface area contributed by atoms with E-state index in [9.17, 15) is 14.0 Å². The number of hydrogen-bond acceptors (Lipinski definition) is 4. The predicted octanol–water partition coefficient (Wildman–Crippen LogP) is 3.13. The van der Waals surface area contributed by atoms with Gasteiger partial charge in [-0.3, -0.25) is 9.59 Å². The summed E-state index contributed by atoms with van der Waals surface area (Å²) < 4.78 is 19.2. The van der Waals surface area contributed by atoms with Crippen LogP contribution >= 0.6 is 12.4 Å². The highest BCUT2D eigenvalue weighted by Crippen LogP contribution is 2.39. The minimum atomic E-state index is -0.612. The maximum absolute atomic E-state index is 14.0. The Bertz CT molecular complexity index is 690. The highest BCUT2D eigenvalue weighted by atomic mass is 35.5. The third-order valence-corrected chi connectivity index (χ3v) is 5.26. The lowest BCUT2D eigenvalue weighted by atomic mass is 9.86. The Labute approximate surface area is 159 Å². The zero-order chi connectivity index (χ0) is 18.0. The van der Waals surface area contributed by atoms with E-state index >= 15 is 0 Å². The van der Waals surface area contributed by atoms with Gasteiger partial charge in [0.25, 0.3) is 0 Å². The van der Waals surface area contributed by atoms with Crippen molar-refractivity contribution in [1.29, 1.82) is 0 Å². The zero-order valence-electron chi connectivity index (χ0n) is 15.2. The summed E-state index contributed by atoms with van der Waals surface area (Å²) in [6, 6.07) is 2.82. The van der Waals surface area contributed by atoms with Crippen molar-refractivity contribution < 1.29 is 18.7 Å². The Morgan fingerprint density at radius 3 is 2.69 bits per heavy atom. The molecule has 0 radical (unpaired) electrons. The molecule has 0 bridgehead atoms. The number of benzene rings is 1. The van der Waals surface area contributed by atoms with E-state index < -0.39 is 11.5 Å². The summed E-state index contributed by atoms with van der Waals surface area (Å²) in [5.41, 5.74) is 1.43. The number of hydrogen-bond donors (Lipinski definition) is 2. The van der Waals surface area contributed by atoms with Crippen LogP contribution in [0.3, 0.4) is 0 Å². The number of nitrogens with one attached hydrogen (secondary N) is 2. The molecule has 1 amide bonds. The first-order valence-corrected chi connectivity index (χ1v) is 8.96. The van der Waals surface area contributed by atoms with Crippen LogP contribution in [0.2, 0.25) is 0 Å². The molecular formula is C19H26ClFN2O3. The topological polar surface area (TPSA) is 67.4 Å². The van der Waals surface area contributed by atoms with E-state index in [-0.39, 0.29) is 36.6 Å². The Morgan fingerprint density at radius 2 is 2.04 bits per heavy atom. The number of rotatable bonds is 5. The highest BCUT2D eigenvalue weighted by molar-refractivity contribution is 5.88. The summed E-state index contributed by atoms with van der Waals surface area (Å²) in [7, 11) is 0. The Hall–Kier alpha value is -1.82. The number of aryl methyl sites for hydroxylation is 1. The lowest BCUT2D eigenvalue weighted by Gasteiger charge is -2.27. The van der Waals surface area contributed by atoms with Gasteiger partial charge in [0.15, 0.2) is 0 Å². The molecule has 3 rings (SSSR count). The van der Waals surface area contributed by atoms with Gasteiger partial charge in [-0.05, 0) is 44.4 Å². The van der Waals surface area contributed by atoms with E-state index in [4.69, 9.17) is 4.74 Å². The van der Waals surface area contributed by atoms with E-state index in [0.29, 0.717) is 24.3 Å². The number of carbonyl (C=O) groups excluding carboxylic acids is 2. The van der Waals surface area contributed by atoms with Crippen LogP contribution < -0.4 is 10.6 Å². The van der Waals surface area contributed by atoms with Crippen LogP contribution in [0.5, 0.6) is 0 Å². The standard InChI is InChI=1S/C19H25FN2O3.ClH/c1-3-25-18(24)19(6-4-5-7-19)11-21-17(23)16-10-13-14(20)8-12(2)9-15(13)22-16;/h8-9,16,22H,3-7,10-11H2,1-2H3,(H,21,23);1H. The number of esters is 1. The summed E-state index contributed by atoms with van der Waals surface area (Å²) >= 11 is 0. The maximum Gasteiger partial charge on any atom is 0.313 e. The quantitative estimate of drug-likeness (QED) is 0.765. The summed E-state index contributed by atoms with van der Waals surface area (Å²) in [5, 5.41) is 5.98. The van der Waals surface area contributed by atoms with Gasteiger partial charge in [-0.1, -0.05) is 12.8 Å². The number of carbonyl (C=O) groups is 2. The van der Waals surface area contributed by atoms with Gasteiger partial charge in [-0.2, -0.15) is 0 Å². The Kier molecular flexibility index (Phi) is 6.50. The fraction of sp³-hybridized carbons (Fsp3) is 0.579. The van der Waals surface area contributed by atoms with E-state index in [1.807, 2.05) is 13.0 Å². The van der Waals surface area contributed by atoms with Crippen molar-refractivity contribution in [2.45, 2.75) is 52.0 Å². The fourth-order valence-corrected chi connectivity index (χ4v) is 3.88. The molecule has 1 aromatic rings. The summed E-state index contributed by atoms with van der Waals surface area (Å²) in [6.45, 7) is 4.23. The maximum atomic E-state index is 14.0. The molecule has 144 valence electrons. The van der Waals surface area contributed by atoms with Gasteiger partial charge < -0.3 is 15.4 Å². The number of anilines is 1. The first-order valence-electron chi connectivity index (χ1n) is 8.96. The lowest BCUT2D eigenvalue weighted by molar-refractivity contribution is -0.155. The minimum Gasteiger partial charge on any atom is -0.466 e. The third-order valence-electron chi connectivity index (χ3n) is 5.26. The van der Waals surface area contributed by atoms with Gasteiger partial charge in [-0.15, -0.1) is 12.4 Å². The van der Waals surface area contributed by atoms with E-state index in [1.54, 1.807) is 6.92 Å². The van der Waals surface area contributed by atoms with Gasteiger partial charge >= 0.3 is 5.97 Å². The molecule has 1 unspecified atom stereocenters. The Morgan fingerprint density at radius 1 is 1.35 bits per heavy atom. The van der Waals surface area contributed by atoms with E-state index in [2.05, 4.69) is 10.6 Å². The van der Waals surface area contributed by atoms with Crippen molar-refractivity contribution in [2.24, 2.45) is 5.41 Å². The van der Waals surface area contributed by atoms with Gasteiger partial charge in [0.2, 0.25) is 5.91 Å². The number of ether oxygens (including phenoxy) is 1. The van der Waals surface area contributed by atoms with Crippen molar-refractivity contribution in [3.05, 3.63) is 29.1 Å². The fourth-order valence-electron chi connectivity index (χ4n) is 3.88. The van der Waals surface area contributed by atoms with Crippen LogP contribution in [-0.2, 0) is 20.7 Å². The zero-order valence-corrected chi connectivity index (χ0v) is 16.0. The van der Waals surface area contributed by atoms with Gasteiger partial charge in [0.1, 0.15) is 11.9 Å². The first kappa shape index (κ1) is 20.5. The van der Waals surface area contributed by atoms with Crippen LogP contribution in [0.15, 0.2) is 12.1 Å². The molecular weight excluding hydrogens is 359 g/mol. The number of amides is 1. The molecule has 2 aliphatic rings. The highest BCUT2D eigenvalue weighted by Gasteiger charge is 2.43. The molecule has 1 atom stereocenters. The van der Waals surface area contributed by atoms with Gasteiger partial charge in [-0.25, -0.2) is 4.39 Å². The van der Waals surface area contributed by atoms with Crippen LogP contribution in [0.1, 0.15) is 43.7 Å². The van der Waals surface area contributed by atoms with Crippen molar-refractivity contribution in [3.63, 3.8) is 0 Å². The smallest absolute Gasteiger partial charge is 0.313 e. The minimum absolute atomic E-state index is 0. The molecule has 1 aliphatic carbocycles. The molecule has 0 saturated heterocycles. The monoisotopic (exact) mass is 384 g/mol. The van der Waals surface area contributed by atoms with Crippen molar-refractivity contribution in [1.82, 2.24) is 5.32 Å². The van der Waals surface area contributed by atoms with E-state index in [0.717, 1.165) is 31.2 Å². The Balaban J connectivity index is 0.00000243. The van der Waals surface area contributed by atoms with Gasteiger partial charge in [0, 0.05) is 24.2 Å². The van der Waals surface area contributed by atoms with Crippen LogP contribution in [0.25, 0.3) is 0 Å². The molecule has 0 spiro atoms. The number of halogens is 2. The second-order valence-corrected chi connectivity index (χ2v) is 7.10. The molecule has 1 saturated carbocycles. The molecule has 1 fully saturated rings. The van der Waals surface area contributed by atoms with Crippen LogP contribution in [-0.4, -0.2) is 31.1 Å². The first-order chi connectivity index (χ1) is 11.9. The third kappa shape index (κ3) is 3.95. The second-order valence-electron chi connectivity index (χ2n) is 7.10. The van der Waals surface area contributed by atoms with E-state index in [1.165, 1.54) is 6.07 Å². The summed E-state index contributed by atoms with van der Waals surface area (Å²) in [5.74, 6) is -0.711. The molecule has 26 heavy (non-hydrogen) atoms. The molecule has 5 nitrogen and oxygen atoms in total. The number of fused-ring (bicyclic) bond motifs is 1. The summed E-state index contributed by atoms with van der Waals surface area (Å²) in [6.07, 6.45) is 3.72. The predicted molar refractivity (Wildman–Crippen MR) is 100 cm³/mol. The molecule has 1 aliphatic heterocycles. The van der Waals surface area contributed by atoms with Gasteiger partial charge in [0.05, 0.1) is 12.0 Å². The summed E-state index contributed by atoms with van der Waals surface area (Å²) in [4.78, 5) is 24.9. The average molecular weight is 385 g/mol. The van der Waals surface area contributed by atoms with Crippen molar-refractivity contribution in [3.8, 4) is 0 Å². The van der Waals surface area contributed by atoms with Crippen LogP contribution in [0, 0.1) is 18.2 Å². The van der Waals surface area contributed by atoms with Crippen molar-refractivity contribution in [2.75, 3.05) is 18.5 Å². The molecule has 2 N–H and O–H groups in total. The molecule has 1 aromatic carbocycles. The largest absolute Gasteiger partial charge is 0.466 e. The van der Waals surface area contributed by atoms with Crippen LogP contribution in [0.4, 0.5) is 10.1 Å².